The fourth-order valence-corrected chi connectivity index (χ4v) is 6.97. The van der Waals surface area contributed by atoms with E-state index < -0.39 is 20.6 Å². The summed E-state index contributed by atoms with van der Waals surface area (Å²) in [5.74, 6) is -0.0587. The Bertz CT molecular complexity index is 1220. The monoisotopic (exact) mass is 429 g/mol. The number of rotatable bonds is 5. The Labute approximate surface area is 182 Å². The van der Waals surface area contributed by atoms with Crippen molar-refractivity contribution >= 4 is 15.6 Å². The van der Waals surface area contributed by atoms with E-state index in [1.807, 2.05) is 66.7 Å². The largest absolute Gasteiger partial charge is 0.292 e. The molecule has 5 rings (SSSR count). The van der Waals surface area contributed by atoms with E-state index in [4.69, 9.17) is 0 Å². The first kappa shape index (κ1) is 19.9. The van der Waals surface area contributed by atoms with Crippen molar-refractivity contribution in [3.63, 3.8) is 0 Å². The second-order valence-corrected chi connectivity index (χ2v) is 10.3. The molecule has 3 aromatic carbocycles. The lowest BCUT2D eigenvalue weighted by Crippen LogP contribution is -2.51. The first-order chi connectivity index (χ1) is 15.0. The van der Waals surface area contributed by atoms with E-state index in [1.165, 1.54) is 0 Å². The van der Waals surface area contributed by atoms with Crippen LogP contribution in [-0.2, 0) is 26.7 Å². The van der Waals surface area contributed by atoms with Gasteiger partial charge in [-0.1, -0.05) is 84.9 Å². The van der Waals surface area contributed by atoms with E-state index in [0.717, 1.165) is 11.1 Å². The Morgan fingerprint density at radius 2 is 1.42 bits per heavy atom. The normalized spacial score (nSPS) is 25.6. The molecule has 2 aliphatic rings. The minimum atomic E-state index is -3.63. The number of nitrogens with zero attached hydrogens (tertiary/aromatic N) is 1. The number of benzene rings is 3. The average Bonchev–Trinajstić information content (AvgIpc) is 3.05. The molecule has 0 unspecified atom stereocenters. The fourth-order valence-electron chi connectivity index (χ4n) is 5.02. The second kappa shape index (κ2) is 7.59. The predicted molar refractivity (Wildman–Crippen MR) is 120 cm³/mol. The standard InChI is InChI=1S/C26H23NO3S/c28-25-17-16-23-24(31(29,30)22-14-8-3-9-15-22)18-26(25,21-12-6-2-7-13-21)27(23)19-20-10-4-1-5-11-20/h1-17,23-24H,18-19H2/t23-,24+,26+/m0/s1. The third kappa shape index (κ3) is 3.16. The van der Waals surface area contributed by atoms with Gasteiger partial charge in [0.05, 0.1) is 10.1 Å². The zero-order valence-electron chi connectivity index (χ0n) is 17.0. The summed E-state index contributed by atoms with van der Waals surface area (Å²) in [6.45, 7) is 0.497. The lowest BCUT2D eigenvalue weighted by Gasteiger charge is -2.41. The van der Waals surface area contributed by atoms with Crippen LogP contribution in [0.15, 0.2) is 108 Å². The molecule has 2 aliphatic heterocycles. The van der Waals surface area contributed by atoms with Crippen molar-refractivity contribution in [2.24, 2.45) is 0 Å². The molecule has 0 spiro atoms. The van der Waals surface area contributed by atoms with Crippen molar-refractivity contribution in [2.45, 2.75) is 34.7 Å². The molecule has 2 bridgehead atoms. The van der Waals surface area contributed by atoms with Gasteiger partial charge in [-0.15, -0.1) is 0 Å². The van der Waals surface area contributed by atoms with Crippen molar-refractivity contribution in [3.05, 3.63) is 114 Å². The van der Waals surface area contributed by atoms with Crippen molar-refractivity contribution in [2.75, 3.05) is 0 Å². The van der Waals surface area contributed by atoms with E-state index in [2.05, 4.69) is 4.90 Å². The van der Waals surface area contributed by atoms with Crippen LogP contribution in [0.25, 0.3) is 0 Å². The summed E-state index contributed by atoms with van der Waals surface area (Å²) >= 11 is 0. The molecule has 156 valence electrons. The van der Waals surface area contributed by atoms with Gasteiger partial charge in [-0.2, -0.15) is 0 Å². The number of fused-ring (bicyclic) bond motifs is 2. The molecule has 0 radical (unpaired) electrons. The topological polar surface area (TPSA) is 54.5 Å². The summed E-state index contributed by atoms with van der Waals surface area (Å²) in [5.41, 5.74) is 0.896. The maximum atomic E-state index is 13.7. The first-order valence-electron chi connectivity index (χ1n) is 10.4. The summed E-state index contributed by atoms with van der Waals surface area (Å²) in [5, 5.41) is -0.707. The van der Waals surface area contributed by atoms with Crippen molar-refractivity contribution in [3.8, 4) is 0 Å². The molecule has 1 saturated heterocycles. The summed E-state index contributed by atoms with van der Waals surface area (Å²) < 4.78 is 27.4. The summed E-state index contributed by atoms with van der Waals surface area (Å²) in [6.07, 6.45) is 3.60. The zero-order chi connectivity index (χ0) is 21.5. The molecule has 0 saturated carbocycles. The summed E-state index contributed by atoms with van der Waals surface area (Å²) in [4.78, 5) is 15.9. The summed E-state index contributed by atoms with van der Waals surface area (Å²) in [6, 6.07) is 27.7. The highest BCUT2D eigenvalue weighted by molar-refractivity contribution is 7.92. The molecule has 5 heteroatoms. The Hall–Kier alpha value is -3.02. The maximum Gasteiger partial charge on any atom is 0.183 e. The molecular weight excluding hydrogens is 406 g/mol. The van der Waals surface area contributed by atoms with E-state index >= 15 is 0 Å². The second-order valence-electron chi connectivity index (χ2n) is 8.15. The molecule has 3 aromatic rings. The van der Waals surface area contributed by atoms with Crippen molar-refractivity contribution in [1.29, 1.82) is 0 Å². The predicted octanol–water partition coefficient (Wildman–Crippen LogP) is 4.14. The third-order valence-corrected chi connectivity index (χ3v) is 8.67. The van der Waals surface area contributed by atoms with Crippen LogP contribution in [0, 0.1) is 0 Å². The molecule has 0 aromatic heterocycles. The van der Waals surface area contributed by atoms with Gasteiger partial charge in [0.2, 0.25) is 0 Å². The van der Waals surface area contributed by atoms with Crippen molar-refractivity contribution < 1.29 is 13.2 Å². The molecule has 3 atom stereocenters. The van der Waals surface area contributed by atoms with Crippen LogP contribution < -0.4 is 0 Å². The number of hydrogen-bond donors (Lipinski definition) is 0. The Kier molecular flexibility index (Phi) is 4.88. The smallest absolute Gasteiger partial charge is 0.183 e. The molecule has 31 heavy (non-hydrogen) atoms. The van der Waals surface area contributed by atoms with Gasteiger partial charge >= 0.3 is 0 Å². The number of carbonyl (C=O) groups excluding carboxylic acids is 1. The van der Waals surface area contributed by atoms with Gasteiger partial charge in [-0.05, 0) is 35.8 Å². The Morgan fingerprint density at radius 3 is 2.06 bits per heavy atom. The van der Waals surface area contributed by atoms with E-state index in [0.29, 0.717) is 11.4 Å². The van der Waals surface area contributed by atoms with Gasteiger partial charge in [-0.25, -0.2) is 8.42 Å². The molecule has 2 heterocycles. The molecule has 0 amide bonds. The number of carbonyl (C=O) groups is 1. The highest BCUT2D eigenvalue weighted by Gasteiger charge is 2.60. The number of sulfone groups is 1. The van der Waals surface area contributed by atoms with Gasteiger partial charge < -0.3 is 0 Å². The van der Waals surface area contributed by atoms with Gasteiger partial charge in [0.1, 0.15) is 5.54 Å². The lowest BCUT2D eigenvalue weighted by molar-refractivity contribution is -0.127. The van der Waals surface area contributed by atoms with Crippen LogP contribution in [0.4, 0.5) is 0 Å². The highest BCUT2D eigenvalue weighted by Crippen LogP contribution is 2.50. The summed E-state index contributed by atoms with van der Waals surface area (Å²) in [7, 11) is -3.63. The van der Waals surface area contributed by atoms with Gasteiger partial charge in [0.15, 0.2) is 15.6 Å². The van der Waals surface area contributed by atoms with E-state index in [9.17, 15) is 13.2 Å². The van der Waals surface area contributed by atoms with Gasteiger partial charge in [0, 0.05) is 12.6 Å². The van der Waals surface area contributed by atoms with Crippen molar-refractivity contribution in [1.82, 2.24) is 4.90 Å². The maximum absolute atomic E-state index is 13.7. The van der Waals surface area contributed by atoms with E-state index in [-0.39, 0.29) is 18.2 Å². The zero-order valence-corrected chi connectivity index (χ0v) is 17.8. The minimum absolute atomic E-state index is 0.0587. The fraction of sp³-hybridized carbons (Fsp3) is 0.192. The molecule has 4 nitrogen and oxygen atoms in total. The minimum Gasteiger partial charge on any atom is -0.292 e. The third-order valence-electron chi connectivity index (χ3n) is 6.50. The van der Waals surface area contributed by atoms with Crippen LogP contribution >= 0.6 is 0 Å². The van der Waals surface area contributed by atoms with Gasteiger partial charge in [0.25, 0.3) is 0 Å². The Morgan fingerprint density at radius 1 is 0.839 bits per heavy atom. The molecular formula is C26H23NO3S. The molecule has 0 aliphatic carbocycles. The number of hydrogen-bond acceptors (Lipinski definition) is 4. The first-order valence-corrected chi connectivity index (χ1v) is 12.0. The highest BCUT2D eigenvalue weighted by atomic mass is 32.2. The van der Waals surface area contributed by atoms with Crippen LogP contribution in [0.3, 0.4) is 0 Å². The van der Waals surface area contributed by atoms with Crippen LogP contribution in [0.1, 0.15) is 17.5 Å². The SMILES string of the molecule is O=C1C=C[C@H]2[C@H](S(=O)(=O)c3ccccc3)C[C@]1(c1ccccc1)N2Cc1ccccc1. The number of ketones is 1. The molecule has 1 fully saturated rings. The van der Waals surface area contributed by atoms with Crippen LogP contribution in [0.2, 0.25) is 0 Å². The van der Waals surface area contributed by atoms with Crippen LogP contribution in [-0.4, -0.2) is 30.4 Å². The Balaban J connectivity index is 1.67. The lowest BCUT2D eigenvalue weighted by atomic mass is 9.82. The average molecular weight is 430 g/mol. The quantitative estimate of drug-likeness (QED) is 0.612. The molecule has 0 N–H and O–H groups in total. The van der Waals surface area contributed by atoms with Gasteiger partial charge in [-0.3, -0.25) is 9.69 Å². The van der Waals surface area contributed by atoms with E-state index in [1.54, 1.807) is 36.4 Å². The van der Waals surface area contributed by atoms with Crippen LogP contribution in [0.5, 0.6) is 0 Å².